The number of nitrogens with zero attached hydrogens (tertiary/aromatic N) is 5. The lowest BCUT2D eigenvalue weighted by molar-refractivity contribution is 0.313. The second-order valence-electron chi connectivity index (χ2n) is 10.1. The molecule has 1 fully saturated rings. The van der Waals surface area contributed by atoms with Crippen LogP contribution in [0.25, 0.3) is 44.4 Å². The molecule has 0 spiro atoms. The zero-order valence-electron chi connectivity index (χ0n) is 21.3. The first-order valence-electron chi connectivity index (χ1n) is 13.1. The van der Waals surface area contributed by atoms with E-state index in [0.717, 1.165) is 72.1 Å². The van der Waals surface area contributed by atoms with Gasteiger partial charge < -0.3 is 24.3 Å². The third-order valence-electron chi connectivity index (χ3n) is 7.72. The number of aromatic nitrogens is 5. The van der Waals surface area contributed by atoms with Crippen LogP contribution >= 0.6 is 0 Å². The molecule has 3 aromatic heterocycles. The molecule has 2 N–H and O–H groups in total. The summed E-state index contributed by atoms with van der Waals surface area (Å²) in [6, 6.07) is 22.6. The minimum absolute atomic E-state index is 0.0424. The second kappa shape index (κ2) is 9.15. The standard InChI is InChI=1S/C23H23N5O.C7H6N2/c1-26-9-11-27(12-10-26)17-5-6-19-20(14-17)25-22(24-19)18-13-16-4-2-3-15-7-8-28(21(15)16)23(18)29;1-2-4-7-6(3-1)8-5-9-7/h2-6,13-14H,7-12H2,1H3,(H,24,25);1-5H,(H,8,9). The molecule has 0 aliphatic carbocycles. The summed E-state index contributed by atoms with van der Waals surface area (Å²) in [4.78, 5) is 33.2. The molecule has 5 heterocycles. The summed E-state index contributed by atoms with van der Waals surface area (Å²) in [5.74, 6) is 0.656. The first kappa shape index (κ1) is 22.7. The van der Waals surface area contributed by atoms with E-state index in [1.54, 1.807) is 6.33 Å². The van der Waals surface area contributed by atoms with Gasteiger partial charge in [-0.2, -0.15) is 0 Å². The van der Waals surface area contributed by atoms with Crippen LogP contribution in [0.5, 0.6) is 0 Å². The Morgan fingerprint density at radius 1 is 0.842 bits per heavy atom. The van der Waals surface area contributed by atoms with Crippen molar-refractivity contribution in [3.63, 3.8) is 0 Å². The molecule has 38 heavy (non-hydrogen) atoms. The normalized spacial score (nSPS) is 15.3. The van der Waals surface area contributed by atoms with Crippen molar-refractivity contribution in [1.82, 2.24) is 29.4 Å². The van der Waals surface area contributed by atoms with Crippen molar-refractivity contribution in [2.45, 2.75) is 13.0 Å². The molecule has 0 radical (unpaired) electrons. The average Bonchev–Trinajstić information content (AvgIpc) is 3.70. The van der Waals surface area contributed by atoms with Gasteiger partial charge in [-0.25, -0.2) is 9.97 Å². The molecule has 1 saturated heterocycles. The Bertz CT molecular complexity index is 1810. The van der Waals surface area contributed by atoms with E-state index in [-0.39, 0.29) is 5.56 Å². The number of aromatic amines is 2. The zero-order valence-corrected chi connectivity index (χ0v) is 21.3. The number of aryl methyl sites for hydroxylation is 2. The number of hydrogen-bond donors (Lipinski definition) is 2. The van der Waals surface area contributed by atoms with Crippen LogP contribution in [0.2, 0.25) is 0 Å². The fourth-order valence-corrected chi connectivity index (χ4v) is 5.60. The molecule has 190 valence electrons. The summed E-state index contributed by atoms with van der Waals surface area (Å²) in [5, 5.41) is 1.10. The zero-order chi connectivity index (χ0) is 25.6. The van der Waals surface area contributed by atoms with Gasteiger partial charge in [-0.3, -0.25) is 4.79 Å². The van der Waals surface area contributed by atoms with Crippen molar-refractivity contribution < 1.29 is 0 Å². The molecular formula is C30H29N7O. The lowest BCUT2D eigenvalue weighted by Crippen LogP contribution is -2.44. The lowest BCUT2D eigenvalue weighted by atomic mass is 10.1. The minimum atomic E-state index is 0.0424. The number of piperazine rings is 1. The van der Waals surface area contributed by atoms with E-state index in [9.17, 15) is 4.79 Å². The summed E-state index contributed by atoms with van der Waals surface area (Å²) < 4.78 is 1.91. The summed E-state index contributed by atoms with van der Waals surface area (Å²) >= 11 is 0. The molecule has 8 nitrogen and oxygen atoms in total. The molecule has 2 aliphatic rings. The van der Waals surface area contributed by atoms with Crippen LogP contribution in [-0.2, 0) is 13.0 Å². The van der Waals surface area contributed by atoms with E-state index >= 15 is 0 Å². The Labute approximate surface area is 219 Å². The predicted molar refractivity (Wildman–Crippen MR) is 153 cm³/mol. The van der Waals surface area contributed by atoms with Gasteiger partial charge in [0.15, 0.2) is 0 Å². The Morgan fingerprint density at radius 2 is 1.71 bits per heavy atom. The molecule has 0 unspecified atom stereocenters. The number of pyridine rings is 1. The maximum atomic E-state index is 13.2. The fourth-order valence-electron chi connectivity index (χ4n) is 5.60. The number of rotatable bonds is 2. The SMILES string of the molecule is CN1CCN(c2ccc3nc(-c4cc5cccc6c5n(c4=O)CC6)[nH]c3c2)CC1.c1ccc2[nH]cnc2c1. The van der Waals surface area contributed by atoms with Gasteiger partial charge in [-0.1, -0.05) is 30.3 Å². The highest BCUT2D eigenvalue weighted by Gasteiger charge is 2.20. The summed E-state index contributed by atoms with van der Waals surface area (Å²) in [5.41, 5.74) is 8.23. The van der Waals surface area contributed by atoms with Crippen molar-refractivity contribution in [3.8, 4) is 11.4 Å². The molecule has 0 saturated carbocycles. The van der Waals surface area contributed by atoms with E-state index in [1.807, 2.05) is 34.9 Å². The van der Waals surface area contributed by atoms with Crippen LogP contribution in [0.15, 0.2) is 77.9 Å². The largest absolute Gasteiger partial charge is 0.369 e. The van der Waals surface area contributed by atoms with Gasteiger partial charge in [0.1, 0.15) is 5.82 Å². The van der Waals surface area contributed by atoms with E-state index in [4.69, 9.17) is 4.98 Å². The van der Waals surface area contributed by atoms with Gasteiger partial charge >= 0.3 is 0 Å². The predicted octanol–water partition coefficient (Wildman–Crippen LogP) is 4.42. The minimum Gasteiger partial charge on any atom is -0.369 e. The first-order chi connectivity index (χ1) is 18.6. The van der Waals surface area contributed by atoms with E-state index < -0.39 is 0 Å². The Hall–Kier alpha value is -4.43. The van der Waals surface area contributed by atoms with Gasteiger partial charge in [-0.05, 0) is 60.8 Å². The number of hydrogen-bond acceptors (Lipinski definition) is 5. The smallest absolute Gasteiger partial charge is 0.262 e. The maximum absolute atomic E-state index is 13.2. The number of benzene rings is 3. The highest BCUT2D eigenvalue weighted by Crippen LogP contribution is 2.29. The van der Waals surface area contributed by atoms with Crippen molar-refractivity contribution in [2.75, 3.05) is 38.1 Å². The van der Waals surface area contributed by atoms with Crippen LogP contribution in [0, 0.1) is 0 Å². The lowest BCUT2D eigenvalue weighted by Gasteiger charge is -2.34. The summed E-state index contributed by atoms with van der Waals surface area (Å²) in [7, 11) is 2.16. The molecule has 0 bridgehead atoms. The molecule has 8 rings (SSSR count). The van der Waals surface area contributed by atoms with Crippen LogP contribution in [-0.4, -0.2) is 62.6 Å². The molecular weight excluding hydrogens is 474 g/mol. The van der Waals surface area contributed by atoms with Crippen molar-refractivity contribution >= 4 is 38.7 Å². The van der Waals surface area contributed by atoms with Crippen molar-refractivity contribution in [1.29, 1.82) is 0 Å². The Balaban J connectivity index is 0.000000227. The second-order valence-corrected chi connectivity index (χ2v) is 10.1. The van der Waals surface area contributed by atoms with Crippen LogP contribution in [0.1, 0.15) is 5.56 Å². The number of anilines is 1. The maximum Gasteiger partial charge on any atom is 0.262 e. The Morgan fingerprint density at radius 3 is 2.58 bits per heavy atom. The van der Waals surface area contributed by atoms with Crippen molar-refractivity contribution in [3.05, 3.63) is 89.0 Å². The molecule has 2 aliphatic heterocycles. The molecule has 0 amide bonds. The van der Waals surface area contributed by atoms with Crippen LogP contribution in [0.3, 0.4) is 0 Å². The van der Waals surface area contributed by atoms with E-state index in [2.05, 4.69) is 68.2 Å². The monoisotopic (exact) mass is 503 g/mol. The molecule has 6 aromatic rings. The highest BCUT2D eigenvalue weighted by molar-refractivity contribution is 5.88. The quantitative estimate of drug-likeness (QED) is 0.366. The fraction of sp³-hybridized carbons (Fsp3) is 0.233. The van der Waals surface area contributed by atoms with Gasteiger partial charge in [0, 0.05) is 38.4 Å². The van der Waals surface area contributed by atoms with Gasteiger partial charge in [0.05, 0.1) is 39.5 Å². The number of nitrogens with one attached hydrogen (secondary N) is 2. The third-order valence-corrected chi connectivity index (χ3v) is 7.72. The first-order valence-corrected chi connectivity index (χ1v) is 13.1. The van der Waals surface area contributed by atoms with Gasteiger partial charge in [0.25, 0.3) is 5.56 Å². The number of imidazole rings is 2. The van der Waals surface area contributed by atoms with Crippen LogP contribution < -0.4 is 10.5 Å². The molecule has 3 aromatic carbocycles. The summed E-state index contributed by atoms with van der Waals surface area (Å²) in [6.45, 7) is 4.95. The number of likely N-dealkylation sites (N-methyl/N-ethyl adjacent to an activating group) is 1. The molecule has 8 heteroatoms. The number of H-pyrrole nitrogens is 2. The number of para-hydroxylation sites is 3. The van der Waals surface area contributed by atoms with Crippen LogP contribution in [0.4, 0.5) is 5.69 Å². The average molecular weight is 504 g/mol. The Kier molecular flexibility index (Phi) is 5.47. The molecule has 0 atom stereocenters. The topological polar surface area (TPSA) is 85.8 Å². The van der Waals surface area contributed by atoms with E-state index in [1.165, 1.54) is 11.3 Å². The van der Waals surface area contributed by atoms with E-state index in [0.29, 0.717) is 11.4 Å². The summed E-state index contributed by atoms with van der Waals surface area (Å²) in [6.07, 6.45) is 2.62. The van der Waals surface area contributed by atoms with Gasteiger partial charge in [0.2, 0.25) is 0 Å². The third kappa shape index (κ3) is 3.94. The number of fused-ring (bicyclic) bond motifs is 2. The highest BCUT2D eigenvalue weighted by atomic mass is 16.1. The van der Waals surface area contributed by atoms with Gasteiger partial charge in [-0.15, -0.1) is 0 Å². The van der Waals surface area contributed by atoms with Crippen molar-refractivity contribution in [2.24, 2.45) is 0 Å².